The van der Waals surface area contributed by atoms with Gasteiger partial charge in [0.2, 0.25) is 0 Å². The SMILES string of the molecule is CCN1CCC(CNc2cc(C)c([N+](=O)[O-])cc2Br)C1. The Balaban J connectivity index is 2.00. The lowest BCUT2D eigenvalue weighted by Crippen LogP contribution is -2.22. The van der Waals surface area contributed by atoms with Crippen LogP contribution >= 0.6 is 15.9 Å². The molecule has 1 unspecified atom stereocenters. The molecule has 0 aliphatic carbocycles. The van der Waals surface area contributed by atoms with Gasteiger partial charge in [0, 0.05) is 34.9 Å². The number of likely N-dealkylation sites (tertiary alicyclic amines) is 1. The molecule has 0 saturated carbocycles. The van der Waals surface area contributed by atoms with Crippen LogP contribution in [-0.4, -0.2) is 36.0 Å². The van der Waals surface area contributed by atoms with Crippen LogP contribution in [0.5, 0.6) is 0 Å². The maximum Gasteiger partial charge on any atom is 0.273 e. The monoisotopic (exact) mass is 341 g/mol. The molecule has 110 valence electrons. The van der Waals surface area contributed by atoms with Crippen molar-refractivity contribution in [2.45, 2.75) is 20.3 Å². The molecular weight excluding hydrogens is 322 g/mol. The van der Waals surface area contributed by atoms with Gasteiger partial charge in [0.25, 0.3) is 5.69 Å². The maximum atomic E-state index is 10.9. The number of anilines is 1. The van der Waals surface area contributed by atoms with Gasteiger partial charge in [-0.2, -0.15) is 0 Å². The van der Waals surface area contributed by atoms with Crippen molar-refractivity contribution in [2.24, 2.45) is 5.92 Å². The van der Waals surface area contributed by atoms with Gasteiger partial charge in [-0.15, -0.1) is 0 Å². The van der Waals surface area contributed by atoms with Gasteiger partial charge in [-0.25, -0.2) is 0 Å². The van der Waals surface area contributed by atoms with Gasteiger partial charge in [0.05, 0.1) is 4.92 Å². The molecule has 6 heteroatoms. The van der Waals surface area contributed by atoms with Crippen LogP contribution in [0.3, 0.4) is 0 Å². The topological polar surface area (TPSA) is 58.4 Å². The van der Waals surface area contributed by atoms with Crippen molar-refractivity contribution < 1.29 is 4.92 Å². The number of nitro benzene ring substituents is 1. The lowest BCUT2D eigenvalue weighted by atomic mass is 10.1. The molecule has 0 bridgehead atoms. The van der Waals surface area contributed by atoms with Crippen molar-refractivity contribution in [3.8, 4) is 0 Å². The summed E-state index contributed by atoms with van der Waals surface area (Å²) in [5.74, 6) is 0.650. The Morgan fingerprint density at radius 3 is 2.90 bits per heavy atom. The molecule has 1 aromatic rings. The van der Waals surface area contributed by atoms with Crippen LogP contribution in [0, 0.1) is 23.0 Å². The molecule has 5 nitrogen and oxygen atoms in total. The predicted octanol–water partition coefficient (Wildman–Crippen LogP) is 3.42. The summed E-state index contributed by atoms with van der Waals surface area (Å²) in [7, 11) is 0. The van der Waals surface area contributed by atoms with Crippen molar-refractivity contribution in [2.75, 3.05) is 31.5 Å². The lowest BCUT2D eigenvalue weighted by molar-refractivity contribution is -0.385. The Bertz CT molecular complexity index is 507. The number of halogens is 1. The highest BCUT2D eigenvalue weighted by atomic mass is 79.9. The van der Waals surface area contributed by atoms with Gasteiger partial charge in [0.1, 0.15) is 0 Å². The molecule has 1 atom stereocenters. The van der Waals surface area contributed by atoms with Gasteiger partial charge < -0.3 is 10.2 Å². The van der Waals surface area contributed by atoms with E-state index < -0.39 is 0 Å². The van der Waals surface area contributed by atoms with E-state index >= 15 is 0 Å². The quantitative estimate of drug-likeness (QED) is 0.658. The predicted molar refractivity (Wildman–Crippen MR) is 84.2 cm³/mol. The third-order valence-electron chi connectivity index (χ3n) is 3.88. The number of rotatable bonds is 5. The van der Waals surface area contributed by atoms with Crippen LogP contribution in [0.25, 0.3) is 0 Å². The van der Waals surface area contributed by atoms with Gasteiger partial charge in [0.15, 0.2) is 0 Å². The molecule has 2 rings (SSSR count). The van der Waals surface area contributed by atoms with Crippen LogP contribution in [-0.2, 0) is 0 Å². The molecule has 1 fully saturated rings. The minimum atomic E-state index is -0.347. The molecule has 1 aromatic carbocycles. The summed E-state index contributed by atoms with van der Waals surface area (Å²) in [5.41, 5.74) is 1.77. The molecule has 0 spiro atoms. The zero-order valence-corrected chi connectivity index (χ0v) is 13.4. The average Bonchev–Trinajstić information content (AvgIpc) is 2.87. The first-order chi connectivity index (χ1) is 9.51. The maximum absolute atomic E-state index is 10.9. The van der Waals surface area contributed by atoms with E-state index in [2.05, 4.69) is 33.1 Å². The number of hydrogen-bond acceptors (Lipinski definition) is 4. The Kier molecular flexibility index (Phi) is 4.99. The molecule has 0 aromatic heterocycles. The summed E-state index contributed by atoms with van der Waals surface area (Å²) in [6.45, 7) is 8.27. The molecule has 20 heavy (non-hydrogen) atoms. The summed E-state index contributed by atoms with van der Waals surface area (Å²) < 4.78 is 0.750. The number of nitrogens with zero attached hydrogens (tertiary/aromatic N) is 2. The van der Waals surface area contributed by atoms with Crippen LogP contribution in [0.4, 0.5) is 11.4 Å². The van der Waals surface area contributed by atoms with E-state index in [1.165, 1.54) is 13.0 Å². The van der Waals surface area contributed by atoms with E-state index in [1.807, 2.05) is 6.07 Å². The first-order valence-electron chi connectivity index (χ1n) is 6.92. The second-order valence-electron chi connectivity index (χ2n) is 5.30. The van der Waals surface area contributed by atoms with Crippen LogP contribution in [0.1, 0.15) is 18.9 Å². The molecular formula is C14H20BrN3O2. The molecule has 1 N–H and O–H groups in total. The van der Waals surface area contributed by atoms with Gasteiger partial charge in [-0.1, -0.05) is 6.92 Å². The van der Waals surface area contributed by atoms with Crippen molar-refractivity contribution >= 4 is 27.3 Å². The molecule has 1 heterocycles. The third kappa shape index (κ3) is 3.49. The van der Waals surface area contributed by atoms with E-state index in [4.69, 9.17) is 0 Å². The first-order valence-corrected chi connectivity index (χ1v) is 7.71. The standard InChI is InChI=1S/C14H20BrN3O2/c1-3-17-5-4-11(9-17)8-16-13-6-10(2)14(18(19)20)7-12(13)15/h6-7,11,16H,3-5,8-9H2,1-2H3. The van der Waals surface area contributed by atoms with E-state index in [-0.39, 0.29) is 10.6 Å². The molecule has 1 aliphatic heterocycles. The fourth-order valence-electron chi connectivity index (χ4n) is 2.62. The normalized spacial score (nSPS) is 19.2. The molecule has 0 amide bonds. The van der Waals surface area contributed by atoms with E-state index in [1.54, 1.807) is 13.0 Å². The Labute approximate surface area is 127 Å². The summed E-state index contributed by atoms with van der Waals surface area (Å²) in [6.07, 6.45) is 1.21. The molecule has 1 aliphatic rings. The highest BCUT2D eigenvalue weighted by Crippen LogP contribution is 2.31. The summed E-state index contributed by atoms with van der Waals surface area (Å²) in [5, 5.41) is 14.3. The van der Waals surface area contributed by atoms with Gasteiger partial charge in [-0.05, 0) is 54.3 Å². The second kappa shape index (κ2) is 6.54. The first kappa shape index (κ1) is 15.3. The summed E-state index contributed by atoms with van der Waals surface area (Å²) in [4.78, 5) is 13.0. The van der Waals surface area contributed by atoms with Gasteiger partial charge in [-0.3, -0.25) is 10.1 Å². The van der Waals surface area contributed by atoms with Crippen LogP contribution < -0.4 is 5.32 Å². The smallest absolute Gasteiger partial charge is 0.273 e. The largest absolute Gasteiger partial charge is 0.384 e. The van der Waals surface area contributed by atoms with Gasteiger partial charge >= 0.3 is 0 Å². The zero-order chi connectivity index (χ0) is 14.7. The Morgan fingerprint density at radius 1 is 1.55 bits per heavy atom. The second-order valence-corrected chi connectivity index (χ2v) is 6.16. The fraction of sp³-hybridized carbons (Fsp3) is 0.571. The zero-order valence-electron chi connectivity index (χ0n) is 11.9. The Morgan fingerprint density at radius 2 is 2.30 bits per heavy atom. The third-order valence-corrected chi connectivity index (χ3v) is 4.54. The van der Waals surface area contributed by atoms with Crippen molar-refractivity contribution in [1.82, 2.24) is 4.90 Å². The number of hydrogen-bond donors (Lipinski definition) is 1. The number of nitro groups is 1. The summed E-state index contributed by atoms with van der Waals surface area (Å²) >= 11 is 3.41. The number of benzene rings is 1. The van der Waals surface area contributed by atoms with Crippen molar-refractivity contribution in [3.05, 3.63) is 32.3 Å². The van der Waals surface area contributed by atoms with Crippen LogP contribution in [0.15, 0.2) is 16.6 Å². The summed E-state index contributed by atoms with van der Waals surface area (Å²) in [6, 6.07) is 3.42. The van der Waals surface area contributed by atoms with E-state index in [9.17, 15) is 10.1 Å². The number of aryl methyl sites for hydroxylation is 1. The average molecular weight is 342 g/mol. The fourth-order valence-corrected chi connectivity index (χ4v) is 3.10. The lowest BCUT2D eigenvalue weighted by Gasteiger charge is -2.15. The highest BCUT2D eigenvalue weighted by molar-refractivity contribution is 9.10. The Hall–Kier alpha value is -1.14. The minimum Gasteiger partial charge on any atom is -0.384 e. The minimum absolute atomic E-state index is 0.153. The molecule has 0 radical (unpaired) electrons. The van der Waals surface area contributed by atoms with E-state index in [0.29, 0.717) is 11.5 Å². The van der Waals surface area contributed by atoms with E-state index in [0.717, 1.165) is 29.8 Å². The van der Waals surface area contributed by atoms with Crippen LogP contribution in [0.2, 0.25) is 0 Å². The van der Waals surface area contributed by atoms with Crippen molar-refractivity contribution in [3.63, 3.8) is 0 Å². The number of nitrogens with one attached hydrogen (secondary N) is 1. The highest BCUT2D eigenvalue weighted by Gasteiger charge is 2.21. The molecule has 1 saturated heterocycles. The van der Waals surface area contributed by atoms with Crippen molar-refractivity contribution in [1.29, 1.82) is 0 Å².